The molecule has 0 aliphatic rings. The van der Waals surface area contributed by atoms with Crippen LogP contribution in [0.1, 0.15) is 34.5 Å². The summed E-state index contributed by atoms with van der Waals surface area (Å²) < 4.78 is 30.1. The topological polar surface area (TPSA) is 77.1 Å². The van der Waals surface area contributed by atoms with Gasteiger partial charge >= 0.3 is 0 Å². The number of hydrogen-bond donors (Lipinski definition) is 1. The lowest BCUT2D eigenvalue weighted by molar-refractivity contribution is 0.0953. The Morgan fingerprint density at radius 3 is 2.67 bits per heavy atom. The highest BCUT2D eigenvalue weighted by molar-refractivity contribution is 5.99. The van der Waals surface area contributed by atoms with Crippen LogP contribution >= 0.6 is 0 Å². The molecule has 30 heavy (non-hydrogen) atoms. The van der Waals surface area contributed by atoms with Crippen LogP contribution in [0.3, 0.4) is 0 Å². The molecule has 3 heterocycles. The second kappa shape index (κ2) is 8.40. The zero-order chi connectivity index (χ0) is 21.1. The summed E-state index contributed by atoms with van der Waals surface area (Å²) in [6.45, 7) is 3.03. The van der Waals surface area contributed by atoms with Crippen LogP contribution in [-0.2, 0) is 6.54 Å². The molecule has 3 aromatic heterocycles. The number of nitrogens with zero attached hydrogens (tertiary/aromatic N) is 5. The van der Waals surface area contributed by atoms with Crippen LogP contribution in [0.4, 0.5) is 8.78 Å². The molecule has 1 aromatic carbocycles. The largest absolute Gasteiger partial charge is 0.352 e. The Kier molecular flexibility index (Phi) is 5.51. The molecular formula is C21H20F2N6O. The van der Waals surface area contributed by atoms with Crippen molar-refractivity contribution in [2.45, 2.75) is 26.3 Å². The first-order valence-corrected chi connectivity index (χ1v) is 9.52. The van der Waals surface area contributed by atoms with Crippen molar-refractivity contribution in [1.82, 2.24) is 29.7 Å². The summed E-state index contributed by atoms with van der Waals surface area (Å²) in [7, 11) is 0. The van der Waals surface area contributed by atoms with Gasteiger partial charge in [0.25, 0.3) is 12.3 Å². The number of amides is 1. The van der Waals surface area contributed by atoms with E-state index < -0.39 is 12.3 Å². The highest BCUT2D eigenvalue weighted by Crippen LogP contribution is 2.26. The second-order valence-electron chi connectivity index (χ2n) is 6.92. The number of halogens is 2. The molecule has 9 heteroatoms. The molecule has 1 amide bonds. The zero-order valence-electron chi connectivity index (χ0n) is 16.3. The number of fused-ring (bicyclic) bond motifs is 1. The Hall–Kier alpha value is -3.62. The van der Waals surface area contributed by atoms with Crippen LogP contribution in [0.5, 0.6) is 0 Å². The van der Waals surface area contributed by atoms with Crippen LogP contribution in [0.2, 0.25) is 0 Å². The number of aromatic nitrogens is 5. The predicted octanol–water partition coefficient (Wildman–Crippen LogP) is 3.66. The number of rotatable bonds is 7. The maximum absolute atomic E-state index is 13.6. The van der Waals surface area contributed by atoms with E-state index in [9.17, 15) is 13.6 Å². The molecule has 7 nitrogen and oxygen atoms in total. The third kappa shape index (κ3) is 4.05. The number of carbonyl (C=O) groups is 1. The Morgan fingerprint density at radius 2 is 1.97 bits per heavy atom. The number of alkyl halides is 2. The highest BCUT2D eigenvalue weighted by atomic mass is 19.3. The summed E-state index contributed by atoms with van der Waals surface area (Å²) in [5.41, 5.74) is 2.06. The molecule has 0 radical (unpaired) electrons. The molecule has 4 aromatic rings. The SMILES string of the molecule is Cc1cnn(CCCNC(=O)c2cnn3c(C(F)F)cc(-c4ccccc4)nc23)c1. The second-order valence-corrected chi connectivity index (χ2v) is 6.92. The first-order chi connectivity index (χ1) is 14.5. The fourth-order valence-corrected chi connectivity index (χ4v) is 3.19. The van der Waals surface area contributed by atoms with Crippen LogP contribution in [0.15, 0.2) is 55.0 Å². The smallest absolute Gasteiger partial charge is 0.280 e. The van der Waals surface area contributed by atoms with Gasteiger partial charge in [-0.05, 0) is 25.0 Å². The highest BCUT2D eigenvalue weighted by Gasteiger charge is 2.21. The molecule has 0 spiro atoms. The van der Waals surface area contributed by atoms with E-state index >= 15 is 0 Å². The molecule has 154 valence electrons. The minimum absolute atomic E-state index is 0.104. The van der Waals surface area contributed by atoms with E-state index in [1.54, 1.807) is 35.1 Å². The first kappa shape index (κ1) is 19.7. The standard InChI is InChI=1S/C21H20F2N6O/c1-14-11-25-28(13-14)9-5-8-24-21(30)16-12-26-29-18(19(22)23)10-17(27-20(16)29)15-6-3-2-4-7-15/h2-4,6-7,10-13,19H,5,8-9H2,1H3,(H,24,30). The number of aryl methyl sites for hydroxylation is 2. The first-order valence-electron chi connectivity index (χ1n) is 9.52. The van der Waals surface area contributed by atoms with E-state index in [-0.39, 0.29) is 16.9 Å². The van der Waals surface area contributed by atoms with Gasteiger partial charge in [0.2, 0.25) is 0 Å². The molecule has 1 N–H and O–H groups in total. The van der Waals surface area contributed by atoms with Crippen LogP contribution < -0.4 is 5.32 Å². The Balaban J connectivity index is 1.56. The average molecular weight is 410 g/mol. The normalized spacial score (nSPS) is 11.3. The molecule has 0 atom stereocenters. The Morgan fingerprint density at radius 1 is 1.17 bits per heavy atom. The van der Waals surface area contributed by atoms with Crippen molar-refractivity contribution < 1.29 is 13.6 Å². The van der Waals surface area contributed by atoms with Crippen LogP contribution in [0.25, 0.3) is 16.9 Å². The Labute approximate surface area is 171 Å². The summed E-state index contributed by atoms with van der Waals surface area (Å²) in [6.07, 6.45) is 2.89. The van der Waals surface area contributed by atoms with E-state index in [2.05, 4.69) is 20.5 Å². The van der Waals surface area contributed by atoms with Crippen molar-refractivity contribution in [3.05, 3.63) is 71.8 Å². The minimum atomic E-state index is -2.76. The monoisotopic (exact) mass is 410 g/mol. The van der Waals surface area contributed by atoms with Crippen molar-refractivity contribution >= 4 is 11.6 Å². The van der Waals surface area contributed by atoms with Gasteiger partial charge < -0.3 is 5.32 Å². The lowest BCUT2D eigenvalue weighted by Crippen LogP contribution is -2.25. The number of nitrogens with one attached hydrogen (secondary N) is 1. The van der Waals surface area contributed by atoms with Gasteiger partial charge in [0, 0.05) is 24.8 Å². The van der Waals surface area contributed by atoms with Crippen molar-refractivity contribution in [3.63, 3.8) is 0 Å². The Bertz CT molecular complexity index is 1170. The van der Waals surface area contributed by atoms with E-state index in [1.807, 2.05) is 19.2 Å². The number of hydrogen-bond acceptors (Lipinski definition) is 4. The van der Waals surface area contributed by atoms with Gasteiger partial charge in [0.15, 0.2) is 5.65 Å². The summed E-state index contributed by atoms with van der Waals surface area (Å²) in [5.74, 6) is -0.403. The van der Waals surface area contributed by atoms with E-state index in [4.69, 9.17) is 0 Å². The average Bonchev–Trinajstić information content (AvgIpc) is 3.36. The molecule has 0 aliphatic carbocycles. The maximum atomic E-state index is 13.6. The zero-order valence-corrected chi connectivity index (χ0v) is 16.3. The van der Waals surface area contributed by atoms with Gasteiger partial charge in [0.1, 0.15) is 11.3 Å². The summed E-state index contributed by atoms with van der Waals surface area (Å²) >= 11 is 0. The molecule has 0 saturated heterocycles. The van der Waals surface area contributed by atoms with Gasteiger partial charge in [-0.15, -0.1) is 0 Å². The molecule has 0 unspecified atom stereocenters. The summed E-state index contributed by atoms with van der Waals surface area (Å²) in [5, 5.41) is 11.0. The maximum Gasteiger partial charge on any atom is 0.280 e. The quantitative estimate of drug-likeness (QED) is 0.472. The molecule has 0 aliphatic heterocycles. The molecule has 0 bridgehead atoms. The molecule has 0 fully saturated rings. The van der Waals surface area contributed by atoms with Crippen molar-refractivity contribution in [3.8, 4) is 11.3 Å². The van der Waals surface area contributed by atoms with Gasteiger partial charge in [0.05, 0.1) is 18.1 Å². The van der Waals surface area contributed by atoms with Gasteiger partial charge in [-0.1, -0.05) is 30.3 Å². The van der Waals surface area contributed by atoms with Crippen LogP contribution in [0, 0.1) is 6.92 Å². The van der Waals surface area contributed by atoms with Crippen LogP contribution in [-0.4, -0.2) is 36.8 Å². The summed E-state index contributed by atoms with van der Waals surface area (Å²) in [6, 6.07) is 10.3. The third-order valence-corrected chi connectivity index (χ3v) is 4.65. The molecule has 0 saturated carbocycles. The fraction of sp³-hybridized carbons (Fsp3) is 0.238. The van der Waals surface area contributed by atoms with E-state index in [0.717, 1.165) is 10.1 Å². The van der Waals surface area contributed by atoms with E-state index in [1.165, 1.54) is 12.3 Å². The van der Waals surface area contributed by atoms with Gasteiger partial charge in [-0.3, -0.25) is 9.48 Å². The van der Waals surface area contributed by atoms with Gasteiger partial charge in [-0.2, -0.15) is 10.2 Å². The van der Waals surface area contributed by atoms with E-state index in [0.29, 0.717) is 30.8 Å². The number of carbonyl (C=O) groups excluding carboxylic acids is 1. The minimum Gasteiger partial charge on any atom is -0.352 e. The summed E-state index contributed by atoms with van der Waals surface area (Å²) in [4.78, 5) is 17.1. The fourth-order valence-electron chi connectivity index (χ4n) is 3.19. The molecule has 4 rings (SSSR count). The lowest BCUT2D eigenvalue weighted by atomic mass is 10.1. The van der Waals surface area contributed by atoms with Crippen molar-refractivity contribution in [1.29, 1.82) is 0 Å². The van der Waals surface area contributed by atoms with Crippen molar-refractivity contribution in [2.24, 2.45) is 0 Å². The predicted molar refractivity (Wildman–Crippen MR) is 107 cm³/mol. The molecular weight excluding hydrogens is 390 g/mol. The lowest BCUT2D eigenvalue weighted by Gasteiger charge is -2.09. The van der Waals surface area contributed by atoms with Gasteiger partial charge in [-0.25, -0.2) is 18.3 Å². The number of benzene rings is 1. The third-order valence-electron chi connectivity index (χ3n) is 4.65. The van der Waals surface area contributed by atoms with Crippen molar-refractivity contribution in [2.75, 3.05) is 6.54 Å².